The van der Waals surface area contributed by atoms with E-state index in [9.17, 15) is 0 Å². The van der Waals surface area contributed by atoms with Gasteiger partial charge in [-0.2, -0.15) is 44.9 Å². The Balaban J connectivity index is 0.841. The van der Waals surface area contributed by atoms with Gasteiger partial charge in [0.05, 0.1) is 0 Å². The Morgan fingerprint density at radius 2 is 0.507 bits per heavy atom. The number of nitrogens with one attached hydrogen (secondary N) is 3. The Kier molecular flexibility index (Phi) is 37.9. The number of nitrogens with zero attached hydrogens (tertiary/aromatic N) is 23. The van der Waals surface area contributed by atoms with Crippen molar-refractivity contribution in [2.24, 2.45) is 5.73 Å². The Morgan fingerprint density at radius 3 is 0.765 bits per heavy atom. The topological polar surface area (TPSA) is 223 Å². The monoisotopic (exact) mass is 1890 g/mol. The molecule has 0 amide bonds. The van der Waals surface area contributed by atoms with E-state index in [1.807, 2.05) is 0 Å². The van der Waals surface area contributed by atoms with Crippen LogP contribution in [0.5, 0.6) is 0 Å². The van der Waals surface area contributed by atoms with Crippen LogP contribution in [-0.4, -0.2) is 334 Å². The Morgan fingerprint density at radius 1 is 0.265 bits per heavy atom. The van der Waals surface area contributed by atoms with Crippen molar-refractivity contribution in [3.05, 3.63) is 0 Å². The minimum atomic E-state index is -0.00556. The van der Waals surface area contributed by atoms with Crippen molar-refractivity contribution in [2.45, 2.75) is 501 Å². The van der Waals surface area contributed by atoms with Crippen LogP contribution in [0.15, 0.2) is 0 Å². The standard InChI is InChI=1S/C109H207N27/c1-33-39-63-131(83-69-98(7,8)123(27)99(9,10)70-83)92-114-89(115-93(120-92)132(64-40-34-2)84-71-100(11,12)124(28)101(13,14)72-84)111-54-50-60-129(59-49-53-110)57-47-45-46-48-58-130(61-51-55-112-90-116-94(133(65-41-35-3)85-73-102(15,16)125(29)103(17,18)74-85)121-95(117-90)134(66-42-36-4)86-75-104(19,20)126(30)105(21,22)76-86)62-52-56-113-91-118-96-122-97(119-91)136(68-44-38-6)88-78-107(25,26)128(32)109(80-88)81-108(82-109)79-87(135(96)67-43-37-5)77-106(23,24)127(108)31/h83-88H,33-82,110H2,1-32H3,(H,111,114,115,120)(H,112,116,117,121)(H,113,118,119,122). The lowest BCUT2D eigenvalue weighted by atomic mass is 9.52. The van der Waals surface area contributed by atoms with Gasteiger partial charge in [-0.25, -0.2) is 0 Å². The first-order chi connectivity index (χ1) is 63.9. The summed E-state index contributed by atoms with van der Waals surface area (Å²) in [6, 6.07) is 1.76. The van der Waals surface area contributed by atoms with E-state index < -0.39 is 0 Å². The first kappa shape index (κ1) is 111. The second kappa shape index (κ2) is 46.3. The largest absolute Gasteiger partial charge is 0.354 e. The van der Waals surface area contributed by atoms with Crippen LogP contribution in [0.2, 0.25) is 0 Å². The normalized spacial score (nSPS) is 25.2. The van der Waals surface area contributed by atoms with Crippen LogP contribution < -0.4 is 51.1 Å². The smallest absolute Gasteiger partial charge is 0.232 e. The average Bonchev–Trinajstić information content (AvgIpc) is 0.682. The summed E-state index contributed by atoms with van der Waals surface area (Å²) in [5, 5.41) is 11.8. The minimum absolute atomic E-state index is 0.00556. The molecule has 1 saturated carbocycles. The zero-order valence-electron chi connectivity index (χ0n) is 93.7. The number of hydrogen-bond donors (Lipinski definition) is 4. The summed E-state index contributed by atoms with van der Waals surface area (Å²) in [7, 11) is 14.2. The highest BCUT2D eigenvalue weighted by molar-refractivity contribution is 5.52. The van der Waals surface area contributed by atoms with Crippen LogP contribution in [0.25, 0.3) is 0 Å². The third kappa shape index (κ3) is 26.7. The maximum atomic E-state index is 6.37. The number of unbranched alkanes of at least 4 members (excludes halogenated alkanes) is 9. The molecule has 27 heteroatoms. The van der Waals surface area contributed by atoms with Crippen molar-refractivity contribution in [1.82, 2.24) is 84.1 Å². The lowest BCUT2D eigenvalue weighted by Gasteiger charge is -2.73. The molecule has 0 aromatic carbocycles. The first-order valence-electron chi connectivity index (χ1n) is 55.6. The van der Waals surface area contributed by atoms with Gasteiger partial charge < -0.3 is 60.9 Å². The summed E-state index contributed by atoms with van der Waals surface area (Å²) in [4.78, 5) is 87.7. The van der Waals surface area contributed by atoms with E-state index in [-0.39, 0.29) is 90.6 Å². The number of nitrogens with two attached hydrogens (primary N) is 1. The van der Waals surface area contributed by atoms with E-state index >= 15 is 0 Å². The first-order valence-corrected chi connectivity index (χ1v) is 55.6. The highest BCUT2D eigenvalue weighted by Crippen LogP contribution is 2.62. The number of hydrogen-bond acceptors (Lipinski definition) is 27. The second-order valence-corrected chi connectivity index (χ2v) is 50.8. The van der Waals surface area contributed by atoms with Gasteiger partial charge in [0.2, 0.25) is 53.5 Å². The number of likely N-dealkylation sites (tertiary alicyclic amines) is 6. The molecule has 6 bridgehead atoms. The van der Waals surface area contributed by atoms with E-state index in [0.29, 0.717) is 30.5 Å². The van der Waals surface area contributed by atoms with Gasteiger partial charge in [-0.1, -0.05) is 92.9 Å². The van der Waals surface area contributed by atoms with Crippen molar-refractivity contribution in [2.75, 3.05) is 192 Å². The SMILES string of the molecule is CCCCN(c1nc(NCCCN(CCCN)CCCCCCN(CCCNc2nc(N(CCCC)C3CC(C)(C)N(C)C(C)(C)C3)nc(N(CCCC)C3CC(C)(C)N(C)C(C)(C)C3)n2)CCCNc2nc3nc(n2)N(CCCC)C2CC(C)(C)N(C)C4(C2)CC2(CC(CC(C)(C)N2C)N3CCCC)C4)nc(N(CCCC)C2CC(C)(C)N(C)C(C)(C)C2)n1)C1CC(C)(C)N(C)C(C)(C)C1. The van der Waals surface area contributed by atoms with Crippen molar-refractivity contribution in [3.8, 4) is 0 Å². The van der Waals surface area contributed by atoms with E-state index in [1.54, 1.807) is 0 Å². The van der Waals surface area contributed by atoms with Crippen LogP contribution in [0, 0.1) is 0 Å². The fraction of sp³-hybridized carbons (Fsp3) is 0.917. The third-order valence-electron chi connectivity index (χ3n) is 36.1. The fourth-order valence-electron chi connectivity index (χ4n) is 26.8. The molecule has 11 heterocycles. The Hall–Kier alpha value is -5.13. The van der Waals surface area contributed by atoms with Crippen molar-refractivity contribution in [1.29, 1.82) is 0 Å². The highest BCUT2D eigenvalue weighted by Gasteiger charge is 2.67. The molecule has 8 aliphatic heterocycles. The third-order valence-corrected chi connectivity index (χ3v) is 36.1. The lowest BCUT2D eigenvalue weighted by Crippen LogP contribution is -2.80. The fourth-order valence-corrected chi connectivity index (χ4v) is 26.8. The lowest BCUT2D eigenvalue weighted by molar-refractivity contribution is -0.189. The Labute approximate surface area is 832 Å². The van der Waals surface area contributed by atoms with Crippen LogP contribution in [-0.2, 0) is 0 Å². The minimum Gasteiger partial charge on any atom is -0.354 e. The predicted molar refractivity (Wildman–Crippen MR) is 578 cm³/mol. The average molecular weight is 1900 g/mol. The molecule has 2 atom stereocenters. The quantitative estimate of drug-likeness (QED) is 0.0386. The second-order valence-electron chi connectivity index (χ2n) is 50.8. The number of piperidine rings is 6. The summed E-state index contributed by atoms with van der Waals surface area (Å²) in [6.07, 6.45) is 36.8. The molecule has 2 spiro atoms. The summed E-state index contributed by atoms with van der Waals surface area (Å²) in [5.41, 5.74) is 6.66. The van der Waals surface area contributed by atoms with Crippen molar-refractivity contribution in [3.63, 3.8) is 0 Å². The molecule has 0 radical (unpaired) electrons. The molecular formula is C109H207N27. The van der Waals surface area contributed by atoms with E-state index in [1.165, 1.54) is 25.7 Å². The van der Waals surface area contributed by atoms with Crippen LogP contribution >= 0.6 is 0 Å². The molecule has 136 heavy (non-hydrogen) atoms. The Bertz CT molecular complexity index is 3860. The summed E-state index contributed by atoms with van der Waals surface area (Å²) in [5.74, 6) is 7.16. The highest BCUT2D eigenvalue weighted by atomic mass is 15.5. The molecule has 6 saturated heterocycles. The van der Waals surface area contributed by atoms with Gasteiger partial charge in [0, 0.05) is 162 Å². The van der Waals surface area contributed by atoms with Gasteiger partial charge >= 0.3 is 0 Å². The summed E-state index contributed by atoms with van der Waals surface area (Å²) < 4.78 is 0. The number of aromatic nitrogens is 9. The van der Waals surface area contributed by atoms with Gasteiger partial charge in [-0.15, -0.1) is 0 Å². The number of anilines is 9. The predicted octanol–water partition coefficient (Wildman–Crippen LogP) is 19.8. The zero-order chi connectivity index (χ0) is 99.6. The van der Waals surface area contributed by atoms with Crippen molar-refractivity contribution < 1.29 is 0 Å². The van der Waals surface area contributed by atoms with Crippen LogP contribution in [0.3, 0.4) is 0 Å². The van der Waals surface area contributed by atoms with Crippen LogP contribution in [0.4, 0.5) is 53.5 Å². The summed E-state index contributed by atoms with van der Waals surface area (Å²) in [6.45, 7) is 77.4. The molecule has 7 fully saturated rings. The summed E-state index contributed by atoms with van der Waals surface area (Å²) >= 11 is 0. The molecule has 2 unspecified atom stereocenters. The molecule has 778 valence electrons. The maximum Gasteiger partial charge on any atom is 0.232 e. The van der Waals surface area contributed by atoms with Gasteiger partial charge in [0.25, 0.3) is 0 Å². The van der Waals surface area contributed by atoms with Crippen molar-refractivity contribution >= 4 is 53.5 Å². The van der Waals surface area contributed by atoms with E-state index in [0.717, 1.165) is 332 Å². The van der Waals surface area contributed by atoms with Crippen LogP contribution in [0.1, 0.15) is 398 Å². The van der Waals surface area contributed by atoms with Gasteiger partial charge in [-0.05, 0) is 394 Å². The molecule has 9 aliphatic rings. The van der Waals surface area contributed by atoms with E-state index in [4.69, 9.17) is 50.6 Å². The molecule has 3 aromatic rings. The van der Waals surface area contributed by atoms with Gasteiger partial charge in [-0.3, -0.25) is 29.4 Å². The maximum absolute atomic E-state index is 6.37. The molecule has 27 nitrogen and oxygen atoms in total. The van der Waals surface area contributed by atoms with Gasteiger partial charge in [0.1, 0.15) is 0 Å². The molecule has 1 aliphatic carbocycles. The number of rotatable bonds is 51. The van der Waals surface area contributed by atoms with E-state index in [2.05, 4.69) is 307 Å². The molecular weight excluding hydrogens is 1690 g/mol. The van der Waals surface area contributed by atoms with Gasteiger partial charge in [0.15, 0.2) is 0 Å². The molecule has 5 N–H and O–H groups in total. The molecule has 12 rings (SSSR count). The molecule has 3 aromatic heterocycles. The zero-order valence-corrected chi connectivity index (χ0v) is 93.7.